The largest absolute Gasteiger partial charge is 0.448 e. The molecule has 2 aromatic rings. The van der Waals surface area contributed by atoms with Gasteiger partial charge in [-0.2, -0.15) is 0 Å². The van der Waals surface area contributed by atoms with Gasteiger partial charge >= 0.3 is 0 Å². The van der Waals surface area contributed by atoms with Crippen molar-refractivity contribution in [3.8, 4) is 11.5 Å². The molecule has 0 aromatic heterocycles. The molecule has 0 bridgehead atoms. The maximum absolute atomic E-state index is 12.5. The first-order chi connectivity index (χ1) is 14.6. The number of carbonyl (C=O) groups is 2. The molecule has 1 spiro atoms. The van der Waals surface area contributed by atoms with Crippen molar-refractivity contribution < 1.29 is 19.1 Å². The smallest absolute Gasteiger partial charge is 0.251 e. The Labute approximate surface area is 176 Å². The quantitative estimate of drug-likeness (QED) is 0.775. The van der Waals surface area contributed by atoms with Crippen LogP contribution in [-0.4, -0.2) is 17.6 Å². The van der Waals surface area contributed by atoms with Gasteiger partial charge in [-0.1, -0.05) is 24.6 Å². The Kier molecular flexibility index (Phi) is 4.85. The molecule has 6 heteroatoms. The second-order valence-electron chi connectivity index (χ2n) is 8.47. The van der Waals surface area contributed by atoms with Crippen LogP contribution in [0.2, 0.25) is 0 Å². The molecule has 2 heterocycles. The number of benzene rings is 2. The summed E-state index contributed by atoms with van der Waals surface area (Å²) in [6.45, 7) is 0. The maximum Gasteiger partial charge on any atom is 0.251 e. The van der Waals surface area contributed by atoms with Gasteiger partial charge in [-0.25, -0.2) is 0 Å². The first-order valence-electron chi connectivity index (χ1n) is 10.8. The summed E-state index contributed by atoms with van der Waals surface area (Å²) in [4.78, 5) is 24.8. The molecule has 3 aliphatic rings. The van der Waals surface area contributed by atoms with Crippen LogP contribution < -0.4 is 20.1 Å². The second kappa shape index (κ2) is 7.67. The standard InChI is InChI=1S/C24H26N2O4/c27-22(11-8-17-14-16-6-2-3-7-19(16)26-23(17)28)25-18-9-10-20-21(15-18)30-24(29-20)12-4-1-5-13-24/h2-3,6-7,9-10,15,17H,1,4-5,8,11-14H2,(H,25,27)(H,26,28)/t17-/m0/s1. The van der Waals surface area contributed by atoms with Crippen LogP contribution in [0.4, 0.5) is 11.4 Å². The number of anilines is 2. The van der Waals surface area contributed by atoms with E-state index in [0.29, 0.717) is 30.7 Å². The number of fused-ring (bicyclic) bond motifs is 2. The Balaban J connectivity index is 1.17. The van der Waals surface area contributed by atoms with Gasteiger partial charge in [0.2, 0.25) is 11.8 Å². The maximum atomic E-state index is 12.5. The Morgan fingerprint density at radius 1 is 1.07 bits per heavy atom. The molecule has 1 saturated carbocycles. The number of amides is 2. The number of hydrogen-bond acceptors (Lipinski definition) is 4. The molecule has 6 nitrogen and oxygen atoms in total. The van der Waals surface area contributed by atoms with E-state index in [-0.39, 0.29) is 17.7 Å². The first-order valence-corrected chi connectivity index (χ1v) is 10.8. The highest BCUT2D eigenvalue weighted by molar-refractivity contribution is 5.96. The van der Waals surface area contributed by atoms with Crippen molar-refractivity contribution in [2.45, 2.75) is 57.2 Å². The van der Waals surface area contributed by atoms with Crippen LogP contribution in [0.25, 0.3) is 0 Å². The summed E-state index contributed by atoms with van der Waals surface area (Å²) in [5, 5.41) is 5.87. The van der Waals surface area contributed by atoms with E-state index in [9.17, 15) is 9.59 Å². The molecule has 0 radical (unpaired) electrons. The van der Waals surface area contributed by atoms with Crippen molar-refractivity contribution in [2.24, 2.45) is 5.92 Å². The predicted octanol–water partition coefficient (Wildman–Crippen LogP) is 4.65. The summed E-state index contributed by atoms with van der Waals surface area (Å²) in [6, 6.07) is 13.3. The van der Waals surface area contributed by atoms with Crippen LogP contribution >= 0.6 is 0 Å². The minimum absolute atomic E-state index is 0.0117. The Bertz CT molecular complexity index is 981. The van der Waals surface area contributed by atoms with Gasteiger partial charge in [0.25, 0.3) is 5.79 Å². The van der Waals surface area contributed by atoms with Crippen LogP contribution in [0.3, 0.4) is 0 Å². The molecule has 0 unspecified atom stereocenters. The van der Waals surface area contributed by atoms with Crippen LogP contribution in [-0.2, 0) is 16.0 Å². The molecular weight excluding hydrogens is 380 g/mol. The van der Waals surface area contributed by atoms with Crippen LogP contribution in [0.15, 0.2) is 42.5 Å². The van der Waals surface area contributed by atoms with Gasteiger partial charge < -0.3 is 20.1 Å². The summed E-state index contributed by atoms with van der Waals surface area (Å²) >= 11 is 0. The van der Waals surface area contributed by atoms with Crippen LogP contribution in [0.5, 0.6) is 11.5 Å². The lowest BCUT2D eigenvalue weighted by atomic mass is 9.89. The molecule has 1 atom stereocenters. The van der Waals surface area contributed by atoms with E-state index in [1.165, 1.54) is 6.42 Å². The van der Waals surface area contributed by atoms with E-state index in [1.807, 2.05) is 42.5 Å². The van der Waals surface area contributed by atoms with Gasteiger partial charge in [-0.05, 0) is 49.4 Å². The summed E-state index contributed by atoms with van der Waals surface area (Å²) < 4.78 is 12.2. The van der Waals surface area contributed by atoms with Gasteiger partial charge in [0.15, 0.2) is 11.5 Å². The normalized spacial score (nSPS) is 21.1. The summed E-state index contributed by atoms with van der Waals surface area (Å²) in [5.74, 6) is 0.614. The summed E-state index contributed by atoms with van der Waals surface area (Å²) in [5.41, 5.74) is 2.68. The van der Waals surface area contributed by atoms with E-state index in [2.05, 4.69) is 10.6 Å². The monoisotopic (exact) mass is 406 g/mol. The van der Waals surface area contributed by atoms with Crippen molar-refractivity contribution in [2.75, 3.05) is 10.6 Å². The molecular formula is C24H26N2O4. The van der Waals surface area contributed by atoms with E-state index in [1.54, 1.807) is 0 Å². The topological polar surface area (TPSA) is 76.7 Å². The third-order valence-corrected chi connectivity index (χ3v) is 6.27. The molecule has 1 fully saturated rings. The predicted molar refractivity (Wildman–Crippen MR) is 114 cm³/mol. The van der Waals surface area contributed by atoms with Crippen molar-refractivity contribution in [1.29, 1.82) is 0 Å². The molecule has 2 N–H and O–H groups in total. The van der Waals surface area contributed by atoms with E-state index >= 15 is 0 Å². The lowest BCUT2D eigenvalue weighted by Crippen LogP contribution is -2.40. The number of carbonyl (C=O) groups excluding carboxylic acids is 2. The van der Waals surface area contributed by atoms with Crippen LogP contribution in [0, 0.1) is 5.92 Å². The zero-order chi connectivity index (χ0) is 20.6. The van der Waals surface area contributed by atoms with Gasteiger partial charge in [-0.15, -0.1) is 0 Å². The molecule has 1 aliphatic carbocycles. The highest BCUT2D eigenvalue weighted by Gasteiger charge is 2.42. The minimum atomic E-state index is -0.520. The number of hydrogen-bond donors (Lipinski definition) is 2. The van der Waals surface area contributed by atoms with E-state index in [0.717, 1.165) is 42.7 Å². The molecule has 0 saturated heterocycles. The second-order valence-corrected chi connectivity index (χ2v) is 8.47. The highest BCUT2D eigenvalue weighted by Crippen LogP contribution is 2.46. The molecule has 2 aromatic carbocycles. The summed E-state index contributed by atoms with van der Waals surface area (Å²) in [6.07, 6.45) is 6.70. The average Bonchev–Trinajstić information content (AvgIpc) is 3.09. The average molecular weight is 406 g/mol. The van der Waals surface area contributed by atoms with Crippen LogP contribution in [0.1, 0.15) is 50.5 Å². The zero-order valence-electron chi connectivity index (χ0n) is 16.9. The molecule has 2 aliphatic heterocycles. The van der Waals surface area contributed by atoms with E-state index in [4.69, 9.17) is 9.47 Å². The van der Waals surface area contributed by atoms with Gasteiger partial charge in [0.05, 0.1) is 0 Å². The third-order valence-electron chi connectivity index (χ3n) is 6.27. The van der Waals surface area contributed by atoms with Crippen molar-refractivity contribution >= 4 is 23.2 Å². The highest BCUT2D eigenvalue weighted by atomic mass is 16.7. The number of nitrogens with one attached hydrogen (secondary N) is 2. The van der Waals surface area contributed by atoms with Crippen molar-refractivity contribution in [1.82, 2.24) is 0 Å². The lowest BCUT2D eigenvalue weighted by Gasteiger charge is -2.31. The molecule has 5 rings (SSSR count). The van der Waals surface area contributed by atoms with Gasteiger partial charge in [-0.3, -0.25) is 9.59 Å². The van der Waals surface area contributed by atoms with Crippen molar-refractivity contribution in [3.05, 3.63) is 48.0 Å². The fraction of sp³-hybridized carbons (Fsp3) is 0.417. The number of ether oxygens (including phenoxy) is 2. The summed E-state index contributed by atoms with van der Waals surface area (Å²) in [7, 11) is 0. The fourth-order valence-corrected chi connectivity index (χ4v) is 4.64. The fourth-order valence-electron chi connectivity index (χ4n) is 4.64. The lowest BCUT2D eigenvalue weighted by molar-refractivity contribution is -0.121. The van der Waals surface area contributed by atoms with Crippen molar-refractivity contribution in [3.63, 3.8) is 0 Å². The number of rotatable bonds is 4. The minimum Gasteiger partial charge on any atom is -0.448 e. The molecule has 156 valence electrons. The zero-order valence-corrected chi connectivity index (χ0v) is 16.9. The SMILES string of the molecule is O=C(CC[C@H]1Cc2ccccc2NC1=O)Nc1ccc2c(c1)OC1(CCCCC1)O2. The third kappa shape index (κ3) is 3.74. The first kappa shape index (κ1) is 19.0. The Hall–Kier alpha value is -3.02. The van der Waals surface area contributed by atoms with Gasteiger partial charge in [0, 0.05) is 42.6 Å². The molecule has 30 heavy (non-hydrogen) atoms. The molecule has 2 amide bonds. The Morgan fingerprint density at radius 3 is 2.73 bits per heavy atom. The van der Waals surface area contributed by atoms with Gasteiger partial charge in [0.1, 0.15) is 0 Å². The van der Waals surface area contributed by atoms with E-state index < -0.39 is 5.79 Å². The Morgan fingerprint density at radius 2 is 1.87 bits per heavy atom. The number of para-hydroxylation sites is 1.